The van der Waals surface area contributed by atoms with E-state index in [1.165, 1.54) is 11.3 Å². The summed E-state index contributed by atoms with van der Waals surface area (Å²) in [5.74, 6) is 0.884. The van der Waals surface area contributed by atoms with Gasteiger partial charge < -0.3 is 14.4 Å². The molecule has 1 saturated heterocycles. The second-order valence-electron chi connectivity index (χ2n) is 5.03. The molecular weight excluding hydrogens is 250 g/mol. The van der Waals surface area contributed by atoms with Crippen molar-refractivity contribution in [1.29, 1.82) is 0 Å². The molecule has 0 bridgehead atoms. The van der Waals surface area contributed by atoms with Gasteiger partial charge in [0.05, 0.1) is 13.2 Å². The van der Waals surface area contributed by atoms with Gasteiger partial charge >= 0.3 is 0 Å². The highest BCUT2D eigenvalue weighted by atomic mass is 16.5. The smallest absolute Gasteiger partial charge is 0.119 e. The molecular formula is C17H19NO2. The van der Waals surface area contributed by atoms with Gasteiger partial charge in [-0.2, -0.15) is 0 Å². The first kappa shape index (κ1) is 13.0. The number of hydrogen-bond acceptors (Lipinski definition) is 3. The fourth-order valence-electron chi connectivity index (χ4n) is 2.52. The molecule has 1 unspecified atom stereocenters. The molecule has 1 aliphatic rings. The molecule has 3 heteroatoms. The SMILES string of the molecule is COc1ccc(N2COC(Cc3ccccc3)C2)cc1. The van der Waals surface area contributed by atoms with Crippen molar-refractivity contribution in [3.8, 4) is 5.75 Å². The molecule has 2 aromatic carbocycles. The van der Waals surface area contributed by atoms with Crippen molar-refractivity contribution in [2.75, 3.05) is 25.3 Å². The molecule has 0 spiro atoms. The van der Waals surface area contributed by atoms with Crippen LogP contribution >= 0.6 is 0 Å². The lowest BCUT2D eigenvalue weighted by molar-refractivity contribution is 0.117. The quantitative estimate of drug-likeness (QED) is 0.851. The zero-order valence-electron chi connectivity index (χ0n) is 11.7. The molecule has 0 aliphatic carbocycles. The fraction of sp³-hybridized carbons (Fsp3) is 0.294. The monoisotopic (exact) mass is 269 g/mol. The molecule has 1 heterocycles. The first-order valence-electron chi connectivity index (χ1n) is 6.89. The topological polar surface area (TPSA) is 21.7 Å². The van der Waals surface area contributed by atoms with Gasteiger partial charge in [-0.1, -0.05) is 30.3 Å². The van der Waals surface area contributed by atoms with Crippen LogP contribution < -0.4 is 9.64 Å². The highest BCUT2D eigenvalue weighted by Crippen LogP contribution is 2.23. The predicted molar refractivity (Wildman–Crippen MR) is 80.2 cm³/mol. The van der Waals surface area contributed by atoms with Crippen LogP contribution in [0.25, 0.3) is 0 Å². The van der Waals surface area contributed by atoms with Crippen LogP contribution in [0.3, 0.4) is 0 Å². The summed E-state index contributed by atoms with van der Waals surface area (Å²) in [5, 5.41) is 0. The second-order valence-corrected chi connectivity index (χ2v) is 5.03. The minimum absolute atomic E-state index is 0.263. The highest BCUT2D eigenvalue weighted by Gasteiger charge is 2.23. The van der Waals surface area contributed by atoms with Gasteiger partial charge in [-0.15, -0.1) is 0 Å². The molecule has 1 aliphatic heterocycles. The Morgan fingerprint density at radius 2 is 1.85 bits per heavy atom. The molecule has 0 amide bonds. The highest BCUT2D eigenvalue weighted by molar-refractivity contribution is 5.49. The zero-order chi connectivity index (χ0) is 13.8. The van der Waals surface area contributed by atoms with Crippen molar-refractivity contribution >= 4 is 5.69 Å². The third kappa shape index (κ3) is 2.94. The van der Waals surface area contributed by atoms with Gasteiger partial charge in [0.25, 0.3) is 0 Å². The van der Waals surface area contributed by atoms with Crippen molar-refractivity contribution in [1.82, 2.24) is 0 Å². The maximum atomic E-state index is 5.88. The van der Waals surface area contributed by atoms with Crippen molar-refractivity contribution in [3.05, 3.63) is 60.2 Å². The Kier molecular flexibility index (Phi) is 3.88. The summed E-state index contributed by atoms with van der Waals surface area (Å²) in [6.45, 7) is 1.59. The predicted octanol–water partition coefficient (Wildman–Crippen LogP) is 3.10. The first-order chi connectivity index (χ1) is 9.85. The Hall–Kier alpha value is -2.00. The number of methoxy groups -OCH3 is 1. The van der Waals surface area contributed by atoms with E-state index in [-0.39, 0.29) is 6.10 Å². The molecule has 1 atom stereocenters. The Morgan fingerprint density at radius 1 is 1.10 bits per heavy atom. The number of anilines is 1. The van der Waals surface area contributed by atoms with Crippen LogP contribution in [0.15, 0.2) is 54.6 Å². The standard InChI is InChI=1S/C17H19NO2/c1-19-16-9-7-15(8-10-16)18-12-17(20-13-18)11-14-5-3-2-4-6-14/h2-10,17H,11-13H2,1H3. The van der Waals surface area contributed by atoms with E-state index in [1.807, 2.05) is 18.2 Å². The lowest BCUT2D eigenvalue weighted by atomic mass is 10.1. The maximum absolute atomic E-state index is 5.88. The first-order valence-corrected chi connectivity index (χ1v) is 6.89. The van der Waals surface area contributed by atoms with E-state index in [2.05, 4.69) is 41.3 Å². The average molecular weight is 269 g/mol. The molecule has 20 heavy (non-hydrogen) atoms. The van der Waals surface area contributed by atoms with Gasteiger partial charge in [0.1, 0.15) is 12.5 Å². The van der Waals surface area contributed by atoms with Gasteiger partial charge in [0.2, 0.25) is 0 Å². The van der Waals surface area contributed by atoms with Crippen molar-refractivity contribution < 1.29 is 9.47 Å². The molecule has 0 saturated carbocycles. The minimum Gasteiger partial charge on any atom is -0.497 e. The largest absolute Gasteiger partial charge is 0.497 e. The number of rotatable bonds is 4. The Balaban J connectivity index is 1.61. The molecule has 0 radical (unpaired) electrons. The van der Waals surface area contributed by atoms with Gasteiger partial charge in [-0.3, -0.25) is 0 Å². The van der Waals surface area contributed by atoms with Crippen LogP contribution in [-0.2, 0) is 11.2 Å². The summed E-state index contributed by atoms with van der Waals surface area (Å²) in [5.41, 5.74) is 2.51. The molecule has 0 aromatic heterocycles. The van der Waals surface area contributed by atoms with Crippen molar-refractivity contribution in [2.24, 2.45) is 0 Å². The molecule has 3 nitrogen and oxygen atoms in total. The van der Waals surface area contributed by atoms with Crippen LogP contribution in [-0.4, -0.2) is 26.5 Å². The summed E-state index contributed by atoms with van der Waals surface area (Å²) < 4.78 is 11.1. The van der Waals surface area contributed by atoms with Crippen LogP contribution in [0.4, 0.5) is 5.69 Å². The van der Waals surface area contributed by atoms with E-state index >= 15 is 0 Å². The molecule has 104 valence electrons. The van der Waals surface area contributed by atoms with E-state index in [0.717, 1.165) is 18.7 Å². The Labute approximate surface area is 119 Å². The summed E-state index contributed by atoms with van der Waals surface area (Å²) in [7, 11) is 1.68. The van der Waals surface area contributed by atoms with E-state index < -0.39 is 0 Å². The van der Waals surface area contributed by atoms with Gasteiger partial charge in [-0.25, -0.2) is 0 Å². The number of benzene rings is 2. The molecule has 2 aromatic rings. The van der Waals surface area contributed by atoms with Crippen LogP contribution in [0, 0.1) is 0 Å². The third-order valence-electron chi connectivity index (χ3n) is 3.63. The number of hydrogen-bond donors (Lipinski definition) is 0. The molecule has 1 fully saturated rings. The summed E-state index contributed by atoms with van der Waals surface area (Å²) in [6, 6.07) is 18.6. The average Bonchev–Trinajstić information content (AvgIpc) is 2.97. The van der Waals surface area contributed by atoms with Crippen molar-refractivity contribution in [2.45, 2.75) is 12.5 Å². The van der Waals surface area contributed by atoms with Crippen LogP contribution in [0.1, 0.15) is 5.56 Å². The molecule has 0 N–H and O–H groups in total. The lowest BCUT2D eigenvalue weighted by Crippen LogP contribution is -2.22. The van der Waals surface area contributed by atoms with E-state index in [0.29, 0.717) is 6.73 Å². The normalized spacial score (nSPS) is 18.2. The fourth-order valence-corrected chi connectivity index (χ4v) is 2.52. The lowest BCUT2D eigenvalue weighted by Gasteiger charge is -2.16. The summed E-state index contributed by atoms with van der Waals surface area (Å²) >= 11 is 0. The Morgan fingerprint density at radius 3 is 2.55 bits per heavy atom. The molecule has 3 rings (SSSR count). The van der Waals surface area contributed by atoms with E-state index in [9.17, 15) is 0 Å². The summed E-state index contributed by atoms with van der Waals surface area (Å²) in [6.07, 6.45) is 1.23. The second kappa shape index (κ2) is 5.97. The van der Waals surface area contributed by atoms with E-state index in [1.54, 1.807) is 7.11 Å². The van der Waals surface area contributed by atoms with Crippen LogP contribution in [0.2, 0.25) is 0 Å². The zero-order valence-corrected chi connectivity index (χ0v) is 11.7. The number of nitrogens with zero attached hydrogens (tertiary/aromatic N) is 1. The van der Waals surface area contributed by atoms with Gasteiger partial charge in [-0.05, 0) is 29.8 Å². The Bertz CT molecular complexity index is 539. The number of ether oxygens (including phenoxy) is 2. The van der Waals surface area contributed by atoms with Gasteiger partial charge in [0.15, 0.2) is 0 Å². The van der Waals surface area contributed by atoms with Crippen molar-refractivity contribution in [3.63, 3.8) is 0 Å². The van der Waals surface area contributed by atoms with E-state index in [4.69, 9.17) is 9.47 Å². The maximum Gasteiger partial charge on any atom is 0.119 e. The van der Waals surface area contributed by atoms with Gasteiger partial charge in [0, 0.05) is 18.7 Å². The third-order valence-corrected chi connectivity index (χ3v) is 3.63. The minimum atomic E-state index is 0.263. The van der Waals surface area contributed by atoms with Crippen LogP contribution in [0.5, 0.6) is 5.75 Å². The summed E-state index contributed by atoms with van der Waals surface area (Å²) in [4.78, 5) is 2.26.